The Kier molecular flexibility index (Phi) is 5.20. The molecule has 1 aromatic carbocycles. The summed E-state index contributed by atoms with van der Waals surface area (Å²) in [6.07, 6.45) is 8.54. The molecule has 0 radical (unpaired) electrons. The number of hydrogen-bond donors (Lipinski definition) is 0. The Morgan fingerprint density at radius 1 is 1.16 bits per heavy atom. The molecule has 0 atom stereocenters. The quantitative estimate of drug-likeness (QED) is 0.658. The summed E-state index contributed by atoms with van der Waals surface area (Å²) in [6.45, 7) is 4.07. The lowest BCUT2D eigenvalue weighted by atomic mass is 9.85. The summed E-state index contributed by atoms with van der Waals surface area (Å²) < 4.78 is 1.09. The summed E-state index contributed by atoms with van der Waals surface area (Å²) in [5.74, 6) is 1.10. The molecule has 1 nitrogen and oxygen atoms in total. The van der Waals surface area contributed by atoms with Crippen LogP contribution in [0.25, 0.3) is 0 Å². The minimum Gasteiger partial charge on any atom is -0.294 e. The second-order valence-electron chi connectivity index (χ2n) is 5.88. The van der Waals surface area contributed by atoms with Crippen molar-refractivity contribution in [3.63, 3.8) is 0 Å². The van der Waals surface area contributed by atoms with E-state index in [2.05, 4.69) is 22.0 Å². The van der Waals surface area contributed by atoms with Crippen molar-refractivity contribution in [1.29, 1.82) is 0 Å². The Hall–Kier alpha value is -0.630. The zero-order valence-corrected chi connectivity index (χ0v) is 13.6. The van der Waals surface area contributed by atoms with Crippen LogP contribution in [0.2, 0.25) is 0 Å². The van der Waals surface area contributed by atoms with Crippen molar-refractivity contribution >= 4 is 21.7 Å². The van der Waals surface area contributed by atoms with Crippen LogP contribution in [0, 0.1) is 19.8 Å². The molecular formula is C17H23BrO. The van der Waals surface area contributed by atoms with Crippen LogP contribution in [0.1, 0.15) is 66.4 Å². The van der Waals surface area contributed by atoms with Crippen LogP contribution in [0.3, 0.4) is 0 Å². The maximum Gasteiger partial charge on any atom is 0.163 e. The highest BCUT2D eigenvalue weighted by Gasteiger charge is 2.17. The van der Waals surface area contributed by atoms with Crippen molar-refractivity contribution in [3.05, 3.63) is 33.3 Å². The first-order chi connectivity index (χ1) is 9.08. The molecular weight excluding hydrogens is 300 g/mol. The van der Waals surface area contributed by atoms with Gasteiger partial charge in [0.15, 0.2) is 5.78 Å². The summed E-state index contributed by atoms with van der Waals surface area (Å²) in [4.78, 5) is 12.4. The van der Waals surface area contributed by atoms with Gasteiger partial charge in [0.1, 0.15) is 0 Å². The van der Waals surface area contributed by atoms with Gasteiger partial charge in [0.2, 0.25) is 0 Å². The van der Waals surface area contributed by atoms with Gasteiger partial charge in [0, 0.05) is 16.5 Å². The number of benzene rings is 1. The summed E-state index contributed by atoms with van der Waals surface area (Å²) in [7, 11) is 0. The molecule has 0 aliphatic heterocycles. The van der Waals surface area contributed by atoms with Gasteiger partial charge in [-0.2, -0.15) is 0 Å². The fraction of sp³-hybridized carbons (Fsp3) is 0.588. The van der Waals surface area contributed by atoms with Gasteiger partial charge in [-0.15, -0.1) is 0 Å². The number of carbonyl (C=O) groups excluding carboxylic acids is 1. The minimum absolute atomic E-state index is 0.318. The van der Waals surface area contributed by atoms with Gasteiger partial charge in [-0.3, -0.25) is 4.79 Å². The van der Waals surface area contributed by atoms with E-state index < -0.39 is 0 Å². The summed E-state index contributed by atoms with van der Waals surface area (Å²) >= 11 is 3.52. The van der Waals surface area contributed by atoms with Crippen molar-refractivity contribution in [2.45, 2.75) is 58.8 Å². The van der Waals surface area contributed by atoms with Gasteiger partial charge in [-0.05, 0) is 49.4 Å². The average Bonchev–Trinajstić information content (AvgIpc) is 2.41. The van der Waals surface area contributed by atoms with Gasteiger partial charge in [0.05, 0.1) is 0 Å². The molecule has 1 aliphatic carbocycles. The van der Waals surface area contributed by atoms with Crippen LogP contribution < -0.4 is 0 Å². The highest BCUT2D eigenvalue weighted by Crippen LogP contribution is 2.28. The van der Waals surface area contributed by atoms with E-state index in [1.54, 1.807) is 0 Å². The van der Waals surface area contributed by atoms with E-state index in [0.29, 0.717) is 12.2 Å². The number of aryl methyl sites for hydroxylation is 2. The maximum atomic E-state index is 12.4. The lowest BCUT2D eigenvalue weighted by Crippen LogP contribution is -2.10. The zero-order valence-electron chi connectivity index (χ0n) is 12.0. The van der Waals surface area contributed by atoms with Crippen molar-refractivity contribution in [3.8, 4) is 0 Å². The lowest BCUT2D eigenvalue weighted by Gasteiger charge is -2.21. The third-order valence-corrected chi connectivity index (χ3v) is 5.16. The number of ketones is 1. The molecule has 0 unspecified atom stereocenters. The second-order valence-corrected chi connectivity index (χ2v) is 6.74. The molecule has 0 N–H and O–H groups in total. The second kappa shape index (κ2) is 6.69. The number of rotatable bonds is 4. The molecule has 0 bridgehead atoms. The lowest BCUT2D eigenvalue weighted by molar-refractivity contribution is 0.0969. The first-order valence-electron chi connectivity index (χ1n) is 7.38. The zero-order chi connectivity index (χ0) is 13.8. The molecule has 1 saturated carbocycles. The Morgan fingerprint density at radius 3 is 2.53 bits per heavy atom. The van der Waals surface area contributed by atoms with E-state index in [0.717, 1.165) is 33.5 Å². The van der Waals surface area contributed by atoms with Crippen molar-refractivity contribution in [2.24, 2.45) is 5.92 Å². The molecule has 19 heavy (non-hydrogen) atoms. The summed E-state index contributed by atoms with van der Waals surface area (Å²) in [6, 6.07) is 4.09. The molecule has 2 heteroatoms. The SMILES string of the molecule is Cc1cc(C(=O)CCC2CCCCC2)c(C)cc1Br. The first kappa shape index (κ1) is 14.8. The predicted octanol–water partition coefficient (Wildman–Crippen LogP) is 5.61. The van der Waals surface area contributed by atoms with Crippen molar-refractivity contribution in [2.75, 3.05) is 0 Å². The van der Waals surface area contributed by atoms with Gasteiger partial charge < -0.3 is 0 Å². The van der Waals surface area contributed by atoms with Crippen LogP contribution in [-0.4, -0.2) is 5.78 Å². The van der Waals surface area contributed by atoms with E-state index in [-0.39, 0.29) is 0 Å². The minimum atomic E-state index is 0.318. The number of halogens is 1. The molecule has 1 aromatic rings. The molecule has 104 valence electrons. The Labute approximate surface area is 124 Å². The topological polar surface area (TPSA) is 17.1 Å². The molecule has 0 heterocycles. The summed E-state index contributed by atoms with van der Waals surface area (Å²) in [5, 5.41) is 0. The third kappa shape index (κ3) is 3.92. The Morgan fingerprint density at radius 2 is 1.84 bits per heavy atom. The van der Waals surface area contributed by atoms with Gasteiger partial charge in [-0.25, -0.2) is 0 Å². The smallest absolute Gasteiger partial charge is 0.163 e. The number of Topliss-reactive ketones (excluding diaryl/α,β-unsaturated/α-hetero) is 1. The van der Waals surface area contributed by atoms with Crippen LogP contribution in [-0.2, 0) is 0 Å². The first-order valence-corrected chi connectivity index (χ1v) is 8.17. The molecule has 1 fully saturated rings. The fourth-order valence-corrected chi connectivity index (χ4v) is 3.48. The molecule has 0 aromatic heterocycles. The highest BCUT2D eigenvalue weighted by atomic mass is 79.9. The van der Waals surface area contributed by atoms with E-state index in [1.807, 2.05) is 19.9 Å². The molecule has 1 aliphatic rings. The van der Waals surface area contributed by atoms with Gasteiger partial charge in [0.25, 0.3) is 0 Å². The Balaban J connectivity index is 1.97. The van der Waals surface area contributed by atoms with Crippen molar-refractivity contribution < 1.29 is 4.79 Å². The van der Waals surface area contributed by atoms with Crippen molar-refractivity contribution in [1.82, 2.24) is 0 Å². The van der Waals surface area contributed by atoms with E-state index in [4.69, 9.17) is 0 Å². The summed E-state index contributed by atoms with van der Waals surface area (Å²) in [5.41, 5.74) is 3.15. The molecule has 2 rings (SSSR count). The van der Waals surface area contributed by atoms with E-state index >= 15 is 0 Å². The number of hydrogen-bond acceptors (Lipinski definition) is 1. The van der Waals surface area contributed by atoms with Gasteiger partial charge >= 0.3 is 0 Å². The maximum absolute atomic E-state index is 12.4. The van der Waals surface area contributed by atoms with E-state index in [1.165, 1.54) is 32.1 Å². The normalized spacial score (nSPS) is 16.6. The predicted molar refractivity (Wildman–Crippen MR) is 83.8 cm³/mol. The standard InChI is InChI=1S/C17H23BrO/c1-12-11-16(18)13(2)10-15(12)17(19)9-8-14-6-4-3-5-7-14/h10-11,14H,3-9H2,1-2H3. The molecule has 0 amide bonds. The highest BCUT2D eigenvalue weighted by molar-refractivity contribution is 9.10. The third-order valence-electron chi connectivity index (χ3n) is 4.31. The largest absolute Gasteiger partial charge is 0.294 e. The number of carbonyl (C=O) groups is 1. The van der Waals surface area contributed by atoms with Gasteiger partial charge in [-0.1, -0.05) is 48.0 Å². The van der Waals surface area contributed by atoms with E-state index in [9.17, 15) is 4.79 Å². The molecule has 0 saturated heterocycles. The van der Waals surface area contributed by atoms with Crippen LogP contribution in [0.5, 0.6) is 0 Å². The Bertz CT molecular complexity index is 459. The van der Waals surface area contributed by atoms with Crippen LogP contribution >= 0.6 is 15.9 Å². The van der Waals surface area contributed by atoms with Crippen LogP contribution in [0.4, 0.5) is 0 Å². The molecule has 0 spiro atoms. The monoisotopic (exact) mass is 322 g/mol. The average molecular weight is 323 g/mol. The van der Waals surface area contributed by atoms with Crippen LogP contribution in [0.15, 0.2) is 16.6 Å². The fourth-order valence-electron chi connectivity index (χ4n) is 3.03.